The van der Waals surface area contributed by atoms with Crippen LogP contribution in [-0.2, 0) is 4.74 Å². The highest BCUT2D eigenvalue weighted by molar-refractivity contribution is 4.71. The number of ether oxygens (including phenoxy) is 1. The molecule has 0 aromatic rings. The summed E-state index contributed by atoms with van der Waals surface area (Å²) in [6, 6.07) is 0. The molecule has 0 aromatic carbocycles. The van der Waals surface area contributed by atoms with Crippen molar-refractivity contribution in [3.8, 4) is 0 Å². The van der Waals surface area contributed by atoms with E-state index in [1.165, 1.54) is 0 Å². The molecule has 0 rings (SSSR count). The first-order valence-corrected chi connectivity index (χ1v) is 3.65. The summed E-state index contributed by atoms with van der Waals surface area (Å²) < 4.78 is 4.85. The maximum absolute atomic E-state index is 9.44. The van der Waals surface area contributed by atoms with E-state index in [4.69, 9.17) is 4.74 Å². The number of aliphatic hydroxyl groups excluding tert-OH is 1. The van der Waals surface area contributed by atoms with Crippen molar-refractivity contribution < 1.29 is 9.84 Å². The Morgan fingerprint density at radius 2 is 1.90 bits per heavy atom. The molecule has 0 aliphatic rings. The average molecular weight is 146 g/mol. The first-order valence-electron chi connectivity index (χ1n) is 3.65. The molecule has 1 atom stereocenters. The Hall–Kier alpha value is -0.0800. The second-order valence-electron chi connectivity index (χ2n) is 3.66. The van der Waals surface area contributed by atoms with Gasteiger partial charge in [0.25, 0.3) is 0 Å². The minimum Gasteiger partial charge on any atom is -0.392 e. The number of aliphatic hydroxyl groups is 1. The monoisotopic (exact) mass is 146 g/mol. The van der Waals surface area contributed by atoms with Crippen LogP contribution in [0.15, 0.2) is 0 Å². The maximum atomic E-state index is 9.44. The SMILES string of the molecule is COCC[C@H](O)C(C)(C)C. The van der Waals surface area contributed by atoms with Gasteiger partial charge in [0.05, 0.1) is 6.10 Å². The molecule has 0 radical (unpaired) electrons. The lowest BCUT2D eigenvalue weighted by molar-refractivity contribution is 0.0325. The van der Waals surface area contributed by atoms with Crippen LogP contribution in [0, 0.1) is 5.41 Å². The van der Waals surface area contributed by atoms with Gasteiger partial charge in [-0.2, -0.15) is 0 Å². The molecule has 0 aromatic heterocycles. The zero-order chi connectivity index (χ0) is 8.20. The van der Waals surface area contributed by atoms with Gasteiger partial charge in [-0.1, -0.05) is 20.8 Å². The summed E-state index contributed by atoms with van der Waals surface area (Å²) in [5.74, 6) is 0. The van der Waals surface area contributed by atoms with E-state index < -0.39 is 0 Å². The quantitative estimate of drug-likeness (QED) is 0.652. The van der Waals surface area contributed by atoms with Gasteiger partial charge in [-0.05, 0) is 11.8 Å². The number of hydrogen-bond donors (Lipinski definition) is 1. The molecule has 0 spiro atoms. The normalized spacial score (nSPS) is 15.3. The van der Waals surface area contributed by atoms with Crippen molar-refractivity contribution in [2.45, 2.75) is 33.3 Å². The van der Waals surface area contributed by atoms with Gasteiger partial charge in [-0.3, -0.25) is 0 Å². The van der Waals surface area contributed by atoms with Gasteiger partial charge < -0.3 is 9.84 Å². The third kappa shape index (κ3) is 3.85. The summed E-state index contributed by atoms with van der Waals surface area (Å²) in [7, 11) is 1.65. The van der Waals surface area contributed by atoms with Gasteiger partial charge in [0, 0.05) is 13.7 Å². The first kappa shape index (κ1) is 9.92. The summed E-state index contributed by atoms with van der Waals surface area (Å²) in [5, 5.41) is 9.44. The van der Waals surface area contributed by atoms with E-state index in [2.05, 4.69) is 0 Å². The van der Waals surface area contributed by atoms with Crippen molar-refractivity contribution in [2.24, 2.45) is 5.41 Å². The standard InChI is InChI=1S/C8H18O2/c1-8(2,3)7(9)5-6-10-4/h7,9H,5-6H2,1-4H3/t7-/m0/s1. The fourth-order valence-corrected chi connectivity index (χ4v) is 0.662. The molecule has 0 heterocycles. The lowest BCUT2D eigenvalue weighted by atomic mass is 9.87. The van der Waals surface area contributed by atoms with E-state index in [1.54, 1.807) is 7.11 Å². The Kier molecular flexibility index (Phi) is 3.91. The summed E-state index contributed by atoms with van der Waals surface area (Å²) >= 11 is 0. The summed E-state index contributed by atoms with van der Waals surface area (Å²) in [6.45, 7) is 6.70. The smallest absolute Gasteiger partial charge is 0.0610 e. The van der Waals surface area contributed by atoms with Crippen LogP contribution in [-0.4, -0.2) is 24.9 Å². The van der Waals surface area contributed by atoms with E-state index >= 15 is 0 Å². The van der Waals surface area contributed by atoms with Crippen LogP contribution in [0.5, 0.6) is 0 Å². The fourth-order valence-electron chi connectivity index (χ4n) is 0.662. The van der Waals surface area contributed by atoms with Gasteiger partial charge >= 0.3 is 0 Å². The molecule has 0 saturated carbocycles. The van der Waals surface area contributed by atoms with Gasteiger partial charge in [0.2, 0.25) is 0 Å². The van der Waals surface area contributed by atoms with Crippen molar-refractivity contribution in [3.05, 3.63) is 0 Å². The molecule has 0 saturated heterocycles. The Bertz CT molecular complexity index is 83.7. The molecule has 2 nitrogen and oxygen atoms in total. The lowest BCUT2D eigenvalue weighted by Crippen LogP contribution is -2.27. The van der Waals surface area contributed by atoms with E-state index in [1.807, 2.05) is 20.8 Å². The summed E-state index contributed by atoms with van der Waals surface area (Å²) in [5.41, 5.74) is -0.0153. The van der Waals surface area contributed by atoms with Crippen molar-refractivity contribution in [1.82, 2.24) is 0 Å². The average Bonchev–Trinajstić information content (AvgIpc) is 1.80. The van der Waals surface area contributed by atoms with E-state index in [9.17, 15) is 5.11 Å². The second kappa shape index (κ2) is 3.94. The maximum Gasteiger partial charge on any atom is 0.0610 e. The van der Waals surface area contributed by atoms with E-state index in [0.717, 1.165) is 6.42 Å². The van der Waals surface area contributed by atoms with Crippen LogP contribution in [0.1, 0.15) is 27.2 Å². The molecule has 0 bridgehead atoms. The molecule has 62 valence electrons. The van der Waals surface area contributed by atoms with Crippen LogP contribution in [0.4, 0.5) is 0 Å². The fraction of sp³-hybridized carbons (Fsp3) is 1.00. The molecule has 0 aliphatic carbocycles. The molecule has 0 unspecified atom stereocenters. The predicted octanol–water partition coefficient (Wildman–Crippen LogP) is 1.43. The van der Waals surface area contributed by atoms with Gasteiger partial charge in [-0.15, -0.1) is 0 Å². The second-order valence-corrected chi connectivity index (χ2v) is 3.66. The molecule has 0 amide bonds. The molecule has 0 aliphatic heterocycles. The van der Waals surface area contributed by atoms with Crippen molar-refractivity contribution in [3.63, 3.8) is 0 Å². The van der Waals surface area contributed by atoms with Gasteiger partial charge in [0.1, 0.15) is 0 Å². The van der Waals surface area contributed by atoms with Crippen LogP contribution in [0.3, 0.4) is 0 Å². The van der Waals surface area contributed by atoms with E-state index in [0.29, 0.717) is 6.61 Å². The zero-order valence-corrected chi connectivity index (χ0v) is 7.35. The van der Waals surface area contributed by atoms with Gasteiger partial charge in [-0.25, -0.2) is 0 Å². The van der Waals surface area contributed by atoms with Gasteiger partial charge in [0.15, 0.2) is 0 Å². The molecule has 0 fully saturated rings. The molecule has 10 heavy (non-hydrogen) atoms. The van der Waals surface area contributed by atoms with Crippen LogP contribution >= 0.6 is 0 Å². The van der Waals surface area contributed by atoms with Crippen molar-refractivity contribution in [1.29, 1.82) is 0 Å². The number of hydrogen-bond acceptors (Lipinski definition) is 2. The molecule has 2 heteroatoms. The lowest BCUT2D eigenvalue weighted by Gasteiger charge is -2.25. The highest BCUT2D eigenvalue weighted by Gasteiger charge is 2.20. The summed E-state index contributed by atoms with van der Waals surface area (Å²) in [4.78, 5) is 0. The highest BCUT2D eigenvalue weighted by atomic mass is 16.5. The summed E-state index contributed by atoms with van der Waals surface area (Å²) in [6.07, 6.45) is 0.465. The Balaban J connectivity index is 3.52. The topological polar surface area (TPSA) is 29.5 Å². The Labute approximate surface area is 63.2 Å². The highest BCUT2D eigenvalue weighted by Crippen LogP contribution is 2.21. The Morgan fingerprint density at radius 3 is 2.20 bits per heavy atom. The predicted molar refractivity (Wildman–Crippen MR) is 42.0 cm³/mol. The molecular weight excluding hydrogens is 128 g/mol. The molecular formula is C8H18O2. The number of methoxy groups -OCH3 is 1. The largest absolute Gasteiger partial charge is 0.392 e. The zero-order valence-electron chi connectivity index (χ0n) is 7.35. The molecule has 1 N–H and O–H groups in total. The Morgan fingerprint density at radius 1 is 1.40 bits per heavy atom. The minimum absolute atomic E-state index is 0.0153. The first-order chi connectivity index (χ1) is 4.48. The number of rotatable bonds is 3. The third-order valence-corrected chi connectivity index (χ3v) is 1.60. The third-order valence-electron chi connectivity index (χ3n) is 1.60. The minimum atomic E-state index is -0.257. The van der Waals surface area contributed by atoms with Crippen LogP contribution in [0.25, 0.3) is 0 Å². The van der Waals surface area contributed by atoms with E-state index in [-0.39, 0.29) is 11.5 Å². The van der Waals surface area contributed by atoms with Crippen molar-refractivity contribution >= 4 is 0 Å². The van der Waals surface area contributed by atoms with Crippen LogP contribution in [0.2, 0.25) is 0 Å². The van der Waals surface area contributed by atoms with Crippen molar-refractivity contribution in [2.75, 3.05) is 13.7 Å². The van der Waals surface area contributed by atoms with Crippen LogP contribution < -0.4 is 0 Å².